The lowest BCUT2D eigenvalue weighted by Gasteiger charge is -2.11. The molecule has 0 aliphatic heterocycles. The minimum Gasteiger partial charge on any atom is -0.504 e. The van der Waals surface area contributed by atoms with Gasteiger partial charge in [0.1, 0.15) is 5.56 Å². The third-order valence-corrected chi connectivity index (χ3v) is 5.51. The van der Waals surface area contributed by atoms with Gasteiger partial charge < -0.3 is 14.7 Å². The van der Waals surface area contributed by atoms with Gasteiger partial charge in [-0.1, -0.05) is 35.5 Å². The van der Waals surface area contributed by atoms with Crippen LogP contribution in [0.3, 0.4) is 0 Å². The fourth-order valence-electron chi connectivity index (χ4n) is 2.64. The number of nitro groups is 1. The lowest BCUT2D eigenvalue weighted by atomic mass is 10.1. The maximum Gasteiger partial charge on any atom is 0.326 e. The van der Waals surface area contributed by atoms with Crippen LogP contribution in [-0.2, 0) is 15.6 Å². The molecule has 0 fully saturated rings. The fraction of sp³-hybridized carbons (Fsp3) is 0.118. The molecule has 140 valence electrons. The van der Waals surface area contributed by atoms with Crippen LogP contribution >= 0.6 is 0 Å². The number of sulfone groups is 1. The Bertz CT molecular complexity index is 1120. The zero-order chi connectivity index (χ0) is 19.8. The first-order valence-corrected chi connectivity index (χ1v) is 9.29. The van der Waals surface area contributed by atoms with Gasteiger partial charge in [-0.05, 0) is 12.5 Å². The van der Waals surface area contributed by atoms with Crippen molar-refractivity contribution >= 4 is 15.5 Å². The van der Waals surface area contributed by atoms with Crippen LogP contribution in [0.25, 0.3) is 11.3 Å². The molecule has 27 heavy (non-hydrogen) atoms. The van der Waals surface area contributed by atoms with Crippen molar-refractivity contribution in [3.8, 4) is 22.8 Å². The van der Waals surface area contributed by atoms with Crippen LogP contribution in [-0.4, -0.2) is 28.7 Å². The molecule has 0 radical (unpaired) electrons. The predicted octanol–water partition coefficient (Wildman–Crippen LogP) is 2.94. The van der Waals surface area contributed by atoms with Crippen molar-refractivity contribution in [3.63, 3.8) is 0 Å². The topological polar surface area (TPSA) is 144 Å². The maximum absolute atomic E-state index is 13.0. The molecule has 0 saturated carbocycles. The van der Waals surface area contributed by atoms with Crippen molar-refractivity contribution in [3.05, 3.63) is 63.8 Å². The Balaban J connectivity index is 2.30. The molecule has 0 amide bonds. The summed E-state index contributed by atoms with van der Waals surface area (Å²) in [6.45, 7) is 1.55. The summed E-state index contributed by atoms with van der Waals surface area (Å²) in [5.74, 6) is -2.65. The molecule has 2 N–H and O–H groups in total. The van der Waals surface area contributed by atoms with Crippen LogP contribution in [0.4, 0.5) is 5.69 Å². The van der Waals surface area contributed by atoms with Crippen molar-refractivity contribution in [1.82, 2.24) is 5.16 Å². The first-order chi connectivity index (χ1) is 12.7. The second-order valence-corrected chi connectivity index (χ2v) is 7.76. The van der Waals surface area contributed by atoms with E-state index in [0.717, 1.165) is 6.07 Å². The highest BCUT2D eigenvalue weighted by molar-refractivity contribution is 7.90. The average Bonchev–Trinajstić information content (AvgIpc) is 3.03. The average molecular weight is 390 g/mol. The lowest BCUT2D eigenvalue weighted by Crippen LogP contribution is -2.08. The highest BCUT2D eigenvalue weighted by Gasteiger charge is 2.35. The number of hydrogen-bond donors (Lipinski definition) is 2. The van der Waals surface area contributed by atoms with Crippen LogP contribution in [0.2, 0.25) is 0 Å². The van der Waals surface area contributed by atoms with E-state index in [0.29, 0.717) is 11.3 Å². The van der Waals surface area contributed by atoms with Crippen LogP contribution in [0, 0.1) is 17.0 Å². The molecule has 1 aromatic heterocycles. The van der Waals surface area contributed by atoms with Crippen molar-refractivity contribution in [2.45, 2.75) is 17.6 Å². The smallest absolute Gasteiger partial charge is 0.326 e. The minimum absolute atomic E-state index is 0.207. The van der Waals surface area contributed by atoms with Gasteiger partial charge in [0.15, 0.2) is 21.3 Å². The van der Waals surface area contributed by atoms with Gasteiger partial charge in [-0.25, -0.2) is 8.42 Å². The minimum atomic E-state index is -4.14. The SMILES string of the molecule is Cc1cc(-c2c(S(=O)(=O)Cc3ccccc3)cc(O)c(O)c2[N+](=O)[O-])on1. The second kappa shape index (κ2) is 6.72. The Morgan fingerprint density at radius 3 is 2.41 bits per heavy atom. The van der Waals surface area contributed by atoms with E-state index < -0.39 is 48.2 Å². The van der Waals surface area contributed by atoms with Gasteiger partial charge in [-0.2, -0.15) is 0 Å². The molecule has 0 spiro atoms. The van der Waals surface area contributed by atoms with Gasteiger partial charge in [0, 0.05) is 12.1 Å². The Morgan fingerprint density at radius 1 is 1.19 bits per heavy atom. The molecule has 1 heterocycles. The van der Waals surface area contributed by atoms with Gasteiger partial charge in [0.25, 0.3) is 0 Å². The van der Waals surface area contributed by atoms with Crippen LogP contribution in [0.15, 0.2) is 51.9 Å². The molecule has 0 bridgehead atoms. The summed E-state index contributed by atoms with van der Waals surface area (Å²) in [5.41, 5.74) is -0.629. The summed E-state index contributed by atoms with van der Waals surface area (Å²) >= 11 is 0. The molecule has 0 aliphatic rings. The first-order valence-electron chi connectivity index (χ1n) is 7.64. The first kappa shape index (κ1) is 18.4. The van der Waals surface area contributed by atoms with Crippen LogP contribution in [0.1, 0.15) is 11.3 Å². The number of nitrogens with zero attached hydrogens (tertiary/aromatic N) is 2. The number of phenolic OH excluding ortho intramolecular Hbond substituents is 2. The standard InChI is InChI=1S/C17H14N2O7S/c1-10-7-13(26-18-10)15-14(8-12(20)17(21)16(15)19(22)23)27(24,25)9-11-5-3-2-4-6-11/h2-8,20-21H,9H2,1H3. The summed E-state index contributed by atoms with van der Waals surface area (Å²) in [6.07, 6.45) is 0. The third kappa shape index (κ3) is 3.47. The number of aryl methyl sites for hydroxylation is 1. The number of aromatic hydroxyl groups is 2. The third-order valence-electron chi connectivity index (χ3n) is 3.81. The van der Waals surface area contributed by atoms with Gasteiger partial charge in [-0.15, -0.1) is 0 Å². The Kier molecular flexibility index (Phi) is 4.58. The summed E-state index contributed by atoms with van der Waals surface area (Å²) in [7, 11) is -4.14. The Labute approximate surface area is 153 Å². The number of rotatable bonds is 5. The highest BCUT2D eigenvalue weighted by Crippen LogP contribution is 2.47. The summed E-state index contributed by atoms with van der Waals surface area (Å²) in [4.78, 5) is 9.97. The molecule has 0 saturated heterocycles. The van der Waals surface area contributed by atoms with E-state index in [1.807, 2.05) is 0 Å². The number of aromatic nitrogens is 1. The van der Waals surface area contributed by atoms with E-state index in [2.05, 4.69) is 5.16 Å². The normalized spacial score (nSPS) is 11.4. The molecule has 9 nitrogen and oxygen atoms in total. The van der Waals surface area contributed by atoms with Crippen molar-refractivity contribution in [2.24, 2.45) is 0 Å². The zero-order valence-electron chi connectivity index (χ0n) is 14.0. The number of benzene rings is 2. The maximum atomic E-state index is 13.0. The van der Waals surface area contributed by atoms with Crippen LogP contribution in [0.5, 0.6) is 11.5 Å². The molecule has 0 atom stereocenters. The van der Waals surface area contributed by atoms with E-state index in [1.54, 1.807) is 37.3 Å². The molecule has 0 aliphatic carbocycles. The predicted molar refractivity (Wildman–Crippen MR) is 94.0 cm³/mol. The van der Waals surface area contributed by atoms with Crippen molar-refractivity contribution in [2.75, 3.05) is 0 Å². The number of phenols is 2. The molecule has 2 aromatic carbocycles. The fourth-order valence-corrected chi connectivity index (χ4v) is 4.22. The van der Waals surface area contributed by atoms with E-state index >= 15 is 0 Å². The van der Waals surface area contributed by atoms with Crippen LogP contribution < -0.4 is 0 Å². The van der Waals surface area contributed by atoms with Gasteiger partial charge in [0.05, 0.1) is 21.3 Å². The molecule has 0 unspecified atom stereocenters. The molecular formula is C17H14N2O7S. The van der Waals surface area contributed by atoms with E-state index in [9.17, 15) is 28.7 Å². The summed E-state index contributed by atoms with van der Waals surface area (Å²) in [6, 6.07) is 10.3. The van der Waals surface area contributed by atoms with Crippen molar-refractivity contribution in [1.29, 1.82) is 0 Å². The number of hydrogen-bond acceptors (Lipinski definition) is 8. The molecule has 3 aromatic rings. The van der Waals surface area contributed by atoms with E-state index in [1.165, 1.54) is 6.07 Å². The Morgan fingerprint density at radius 2 is 1.85 bits per heavy atom. The summed E-state index contributed by atoms with van der Waals surface area (Å²) < 4.78 is 30.9. The van der Waals surface area contributed by atoms with E-state index in [4.69, 9.17) is 4.52 Å². The van der Waals surface area contributed by atoms with Gasteiger partial charge in [0.2, 0.25) is 5.75 Å². The Hall–Kier alpha value is -3.40. The molecule has 10 heteroatoms. The second-order valence-electron chi connectivity index (χ2n) is 5.80. The number of nitro benzene ring substituents is 1. The van der Waals surface area contributed by atoms with Gasteiger partial charge >= 0.3 is 5.69 Å². The quantitative estimate of drug-likeness (QED) is 0.384. The molecular weight excluding hydrogens is 376 g/mol. The van der Waals surface area contributed by atoms with Gasteiger partial charge in [-0.3, -0.25) is 10.1 Å². The highest BCUT2D eigenvalue weighted by atomic mass is 32.2. The summed E-state index contributed by atoms with van der Waals surface area (Å²) in [5, 5.41) is 34.9. The monoisotopic (exact) mass is 390 g/mol. The largest absolute Gasteiger partial charge is 0.504 e. The molecule has 3 rings (SSSR count). The van der Waals surface area contributed by atoms with Crippen molar-refractivity contribution < 1.29 is 28.1 Å². The zero-order valence-corrected chi connectivity index (χ0v) is 14.8. The van der Waals surface area contributed by atoms with E-state index in [-0.39, 0.29) is 5.76 Å². The lowest BCUT2D eigenvalue weighted by molar-refractivity contribution is -0.385.